The van der Waals surface area contributed by atoms with E-state index in [-0.39, 0.29) is 0 Å². The third-order valence-corrected chi connectivity index (χ3v) is 1.30. The van der Waals surface area contributed by atoms with Crippen molar-refractivity contribution in [2.45, 2.75) is 19.8 Å². The first-order chi connectivity index (χ1) is 4.29. The van der Waals surface area contributed by atoms with Crippen LogP contribution in [0.3, 0.4) is 0 Å². The van der Waals surface area contributed by atoms with Gasteiger partial charge >= 0.3 is 0 Å². The predicted molar refractivity (Wildman–Crippen MR) is 39.5 cm³/mol. The van der Waals surface area contributed by atoms with E-state index in [0.29, 0.717) is 0 Å². The SMILES string of the molecule is CC(N)=CC1=NCCC1. The highest BCUT2D eigenvalue weighted by atomic mass is 14.8. The van der Waals surface area contributed by atoms with E-state index in [1.54, 1.807) is 0 Å². The molecule has 0 saturated carbocycles. The Morgan fingerprint density at radius 1 is 1.78 bits per heavy atom. The summed E-state index contributed by atoms with van der Waals surface area (Å²) in [5.41, 5.74) is 7.47. The summed E-state index contributed by atoms with van der Waals surface area (Å²) in [4.78, 5) is 4.24. The smallest absolute Gasteiger partial charge is 0.0396 e. The van der Waals surface area contributed by atoms with Crippen LogP contribution in [0.25, 0.3) is 0 Å². The molecule has 0 aliphatic carbocycles. The average Bonchev–Trinajstić information content (AvgIpc) is 2.15. The molecule has 1 aliphatic heterocycles. The summed E-state index contributed by atoms with van der Waals surface area (Å²) >= 11 is 0. The van der Waals surface area contributed by atoms with Crippen LogP contribution >= 0.6 is 0 Å². The fourth-order valence-electron chi connectivity index (χ4n) is 0.943. The molecule has 1 heterocycles. The minimum absolute atomic E-state index is 0.857. The normalized spacial score (nSPS) is 20.1. The number of allylic oxidation sites excluding steroid dienone is 2. The lowest BCUT2D eigenvalue weighted by Crippen LogP contribution is -1.95. The van der Waals surface area contributed by atoms with Crippen molar-refractivity contribution in [3.8, 4) is 0 Å². The van der Waals surface area contributed by atoms with Crippen LogP contribution in [0.2, 0.25) is 0 Å². The number of hydrogen-bond donors (Lipinski definition) is 1. The lowest BCUT2D eigenvalue weighted by Gasteiger charge is -1.89. The maximum atomic E-state index is 5.45. The van der Waals surface area contributed by atoms with Gasteiger partial charge in [-0.05, 0) is 25.8 Å². The maximum Gasteiger partial charge on any atom is 0.0396 e. The average molecular weight is 124 g/mol. The lowest BCUT2D eigenvalue weighted by atomic mass is 10.2. The number of rotatable bonds is 1. The summed E-state index contributed by atoms with van der Waals surface area (Å²) in [6, 6.07) is 0. The molecule has 2 nitrogen and oxygen atoms in total. The molecule has 50 valence electrons. The Hall–Kier alpha value is -0.790. The highest BCUT2D eigenvalue weighted by Crippen LogP contribution is 2.04. The summed E-state index contributed by atoms with van der Waals surface area (Å²) < 4.78 is 0. The van der Waals surface area contributed by atoms with E-state index in [1.165, 1.54) is 6.42 Å². The van der Waals surface area contributed by atoms with E-state index >= 15 is 0 Å². The van der Waals surface area contributed by atoms with Crippen molar-refractivity contribution in [2.75, 3.05) is 6.54 Å². The fourth-order valence-corrected chi connectivity index (χ4v) is 0.943. The Bertz CT molecular complexity index is 152. The fraction of sp³-hybridized carbons (Fsp3) is 0.571. The molecular weight excluding hydrogens is 112 g/mol. The van der Waals surface area contributed by atoms with Crippen molar-refractivity contribution >= 4 is 5.71 Å². The largest absolute Gasteiger partial charge is 0.402 e. The van der Waals surface area contributed by atoms with Gasteiger partial charge in [-0.1, -0.05) is 0 Å². The van der Waals surface area contributed by atoms with Crippen LogP contribution in [-0.2, 0) is 0 Å². The quantitative estimate of drug-likeness (QED) is 0.558. The van der Waals surface area contributed by atoms with Crippen LogP contribution in [0.1, 0.15) is 19.8 Å². The van der Waals surface area contributed by atoms with E-state index in [1.807, 2.05) is 13.0 Å². The number of nitrogens with zero attached hydrogens (tertiary/aromatic N) is 1. The standard InChI is InChI=1S/C7H12N2/c1-6(8)5-7-3-2-4-9-7/h5H,2-4,8H2,1H3. The molecule has 0 bridgehead atoms. The molecule has 0 unspecified atom stereocenters. The zero-order chi connectivity index (χ0) is 6.69. The molecule has 0 aromatic rings. The summed E-state index contributed by atoms with van der Waals surface area (Å²) in [5.74, 6) is 0. The van der Waals surface area contributed by atoms with E-state index in [4.69, 9.17) is 5.73 Å². The van der Waals surface area contributed by atoms with Crippen LogP contribution < -0.4 is 5.73 Å². The summed E-state index contributed by atoms with van der Waals surface area (Å²) in [6.07, 6.45) is 4.25. The minimum Gasteiger partial charge on any atom is -0.402 e. The van der Waals surface area contributed by atoms with Gasteiger partial charge in [-0.3, -0.25) is 4.99 Å². The Labute approximate surface area is 55.5 Å². The van der Waals surface area contributed by atoms with Gasteiger partial charge in [0.05, 0.1) is 0 Å². The van der Waals surface area contributed by atoms with Gasteiger partial charge in [0.15, 0.2) is 0 Å². The zero-order valence-corrected chi connectivity index (χ0v) is 5.72. The van der Waals surface area contributed by atoms with Crippen molar-refractivity contribution < 1.29 is 0 Å². The molecule has 0 aromatic heterocycles. The Kier molecular flexibility index (Phi) is 1.88. The number of nitrogens with two attached hydrogens (primary N) is 1. The van der Waals surface area contributed by atoms with Gasteiger partial charge in [0.1, 0.15) is 0 Å². The second kappa shape index (κ2) is 2.67. The Morgan fingerprint density at radius 3 is 3.00 bits per heavy atom. The van der Waals surface area contributed by atoms with Gasteiger partial charge < -0.3 is 5.73 Å². The molecule has 0 aromatic carbocycles. The van der Waals surface area contributed by atoms with Crippen molar-refractivity contribution in [2.24, 2.45) is 10.7 Å². The molecule has 9 heavy (non-hydrogen) atoms. The summed E-state index contributed by atoms with van der Waals surface area (Å²) in [6.45, 7) is 2.87. The topological polar surface area (TPSA) is 38.4 Å². The second-order valence-corrected chi connectivity index (χ2v) is 2.36. The zero-order valence-electron chi connectivity index (χ0n) is 5.72. The first-order valence-electron chi connectivity index (χ1n) is 3.26. The van der Waals surface area contributed by atoms with Gasteiger partial charge in [0, 0.05) is 18.0 Å². The highest BCUT2D eigenvalue weighted by molar-refractivity contribution is 5.96. The van der Waals surface area contributed by atoms with Crippen LogP contribution in [-0.4, -0.2) is 12.3 Å². The molecule has 2 heteroatoms. The molecule has 1 rings (SSSR count). The molecule has 0 saturated heterocycles. The van der Waals surface area contributed by atoms with Crippen LogP contribution in [0, 0.1) is 0 Å². The lowest BCUT2D eigenvalue weighted by molar-refractivity contribution is 0.951. The molecular formula is C7H12N2. The van der Waals surface area contributed by atoms with E-state index < -0.39 is 0 Å². The molecule has 0 amide bonds. The third kappa shape index (κ3) is 1.88. The van der Waals surface area contributed by atoms with Crippen LogP contribution in [0.5, 0.6) is 0 Å². The molecule has 0 radical (unpaired) electrons. The first-order valence-corrected chi connectivity index (χ1v) is 3.26. The van der Waals surface area contributed by atoms with Gasteiger partial charge in [0.25, 0.3) is 0 Å². The Balaban J connectivity index is 2.53. The minimum atomic E-state index is 0.857. The molecule has 0 fully saturated rings. The number of hydrogen-bond acceptors (Lipinski definition) is 2. The maximum absolute atomic E-state index is 5.45. The number of aliphatic imine (C=N–C) groups is 1. The molecule has 0 spiro atoms. The van der Waals surface area contributed by atoms with Gasteiger partial charge in [-0.15, -0.1) is 0 Å². The molecule has 0 atom stereocenters. The van der Waals surface area contributed by atoms with Crippen LogP contribution in [0.15, 0.2) is 16.8 Å². The monoisotopic (exact) mass is 124 g/mol. The van der Waals surface area contributed by atoms with Gasteiger partial charge in [-0.25, -0.2) is 0 Å². The van der Waals surface area contributed by atoms with E-state index in [0.717, 1.165) is 24.4 Å². The van der Waals surface area contributed by atoms with Crippen molar-refractivity contribution in [1.29, 1.82) is 0 Å². The van der Waals surface area contributed by atoms with E-state index in [2.05, 4.69) is 4.99 Å². The first kappa shape index (κ1) is 6.33. The Morgan fingerprint density at radius 2 is 2.56 bits per heavy atom. The van der Waals surface area contributed by atoms with E-state index in [9.17, 15) is 0 Å². The summed E-state index contributed by atoms with van der Waals surface area (Å²) in [7, 11) is 0. The van der Waals surface area contributed by atoms with Gasteiger partial charge in [0.2, 0.25) is 0 Å². The highest BCUT2D eigenvalue weighted by Gasteiger charge is 2.01. The second-order valence-electron chi connectivity index (χ2n) is 2.36. The predicted octanol–water partition coefficient (Wildman–Crippen LogP) is 1.08. The third-order valence-electron chi connectivity index (χ3n) is 1.30. The van der Waals surface area contributed by atoms with Crippen LogP contribution in [0.4, 0.5) is 0 Å². The molecule has 1 aliphatic rings. The molecule has 2 N–H and O–H groups in total. The van der Waals surface area contributed by atoms with Gasteiger partial charge in [-0.2, -0.15) is 0 Å². The van der Waals surface area contributed by atoms with Crippen molar-refractivity contribution in [3.05, 3.63) is 11.8 Å². The van der Waals surface area contributed by atoms with Crippen molar-refractivity contribution in [1.82, 2.24) is 0 Å². The van der Waals surface area contributed by atoms with Crippen molar-refractivity contribution in [3.63, 3.8) is 0 Å². The summed E-state index contributed by atoms with van der Waals surface area (Å²) in [5, 5.41) is 0.